The van der Waals surface area contributed by atoms with Gasteiger partial charge in [-0.25, -0.2) is 26.4 Å². The van der Waals surface area contributed by atoms with Gasteiger partial charge in [-0.15, -0.1) is 0 Å². The lowest BCUT2D eigenvalue weighted by molar-refractivity contribution is 0.0949. The molecule has 0 heterocycles. The average Bonchev–Trinajstić information content (AvgIpc) is 2.32. The largest absolute Gasteiger partial charge is 0.352 e. The van der Waals surface area contributed by atoms with Crippen LogP contribution in [0.2, 0.25) is 0 Å². The van der Waals surface area contributed by atoms with E-state index in [9.17, 15) is 26.0 Å². The summed E-state index contributed by atoms with van der Waals surface area (Å²) in [5.41, 5.74) is -0.346. The molecule has 0 radical (unpaired) electrons. The van der Waals surface area contributed by atoms with Crippen molar-refractivity contribution >= 4 is 25.8 Å². The molecular weight excluding hydrogens is 323 g/mol. The third kappa shape index (κ3) is 5.78. The molecule has 0 fully saturated rings. The van der Waals surface area contributed by atoms with Gasteiger partial charge < -0.3 is 5.32 Å². The molecule has 1 rings (SSSR count). The summed E-state index contributed by atoms with van der Waals surface area (Å²) < 4.78 is 57.5. The second kappa shape index (κ2) is 6.50. The number of benzene rings is 1. The molecule has 1 aromatic rings. The highest BCUT2D eigenvalue weighted by Gasteiger charge is 2.16. The second-order valence-electron chi connectivity index (χ2n) is 4.43. The summed E-state index contributed by atoms with van der Waals surface area (Å²) in [7, 11) is -7.17. The van der Waals surface area contributed by atoms with E-state index in [1.165, 1.54) is 0 Å². The van der Waals surface area contributed by atoms with Gasteiger partial charge in [0, 0.05) is 12.8 Å². The van der Waals surface area contributed by atoms with Gasteiger partial charge in [-0.3, -0.25) is 4.79 Å². The Morgan fingerprint density at radius 1 is 1.29 bits per heavy atom. The Morgan fingerprint density at radius 3 is 2.38 bits per heavy atom. The zero-order valence-corrected chi connectivity index (χ0v) is 12.8. The minimum Gasteiger partial charge on any atom is -0.352 e. The minimum absolute atomic E-state index is 0.0578. The first kappa shape index (κ1) is 17.5. The predicted octanol–water partition coefficient (Wildman–Crippen LogP) is -0.362. The Balaban J connectivity index is 2.72. The van der Waals surface area contributed by atoms with Crippen molar-refractivity contribution in [2.24, 2.45) is 5.14 Å². The Hall–Kier alpha value is -1.52. The lowest BCUT2D eigenvalue weighted by atomic mass is 10.2. The van der Waals surface area contributed by atoms with E-state index < -0.39 is 36.5 Å². The zero-order chi connectivity index (χ0) is 16.3. The number of hydrogen-bond donors (Lipinski definition) is 2. The smallest absolute Gasteiger partial charge is 0.254 e. The Morgan fingerprint density at radius 2 is 1.90 bits per heavy atom. The highest BCUT2D eigenvalue weighted by molar-refractivity contribution is 7.90. The molecule has 0 atom stereocenters. The number of halogens is 1. The van der Waals surface area contributed by atoms with Gasteiger partial charge in [-0.05, 0) is 24.6 Å². The molecule has 21 heavy (non-hydrogen) atoms. The predicted molar refractivity (Wildman–Crippen MR) is 74.4 cm³/mol. The Labute approximate surface area is 122 Å². The topological polar surface area (TPSA) is 123 Å². The maximum atomic E-state index is 13.7. The fourth-order valence-corrected chi connectivity index (χ4v) is 2.68. The van der Waals surface area contributed by atoms with Crippen LogP contribution in [0.5, 0.6) is 0 Å². The van der Waals surface area contributed by atoms with Crippen molar-refractivity contribution in [2.75, 3.05) is 18.6 Å². The minimum atomic E-state index is -4.04. The van der Waals surface area contributed by atoms with Gasteiger partial charge in [0.2, 0.25) is 10.0 Å². The zero-order valence-electron chi connectivity index (χ0n) is 11.2. The van der Waals surface area contributed by atoms with E-state index in [-0.39, 0.29) is 24.3 Å². The molecule has 7 nitrogen and oxygen atoms in total. The fourth-order valence-electron chi connectivity index (χ4n) is 1.49. The normalized spacial score (nSPS) is 12.1. The van der Waals surface area contributed by atoms with Crippen LogP contribution >= 0.6 is 0 Å². The van der Waals surface area contributed by atoms with Crippen molar-refractivity contribution < 1.29 is 26.0 Å². The molecule has 0 aliphatic carbocycles. The highest BCUT2D eigenvalue weighted by Crippen LogP contribution is 2.13. The van der Waals surface area contributed by atoms with Crippen molar-refractivity contribution in [2.45, 2.75) is 11.3 Å². The van der Waals surface area contributed by atoms with Crippen molar-refractivity contribution in [3.8, 4) is 0 Å². The van der Waals surface area contributed by atoms with Gasteiger partial charge in [-0.2, -0.15) is 0 Å². The number of nitrogens with two attached hydrogens (primary N) is 1. The summed E-state index contributed by atoms with van der Waals surface area (Å²) in [5.74, 6) is -1.88. The number of primary sulfonamides is 1. The number of carbonyl (C=O) groups is 1. The van der Waals surface area contributed by atoms with E-state index in [2.05, 4.69) is 5.32 Å². The Kier molecular flexibility index (Phi) is 5.42. The molecule has 0 saturated carbocycles. The molecule has 0 aliphatic rings. The van der Waals surface area contributed by atoms with E-state index in [0.717, 1.165) is 18.4 Å². The van der Waals surface area contributed by atoms with Crippen molar-refractivity contribution in [1.82, 2.24) is 5.32 Å². The molecule has 1 aromatic carbocycles. The molecule has 0 bridgehead atoms. The molecule has 118 valence electrons. The molecule has 0 aliphatic heterocycles. The highest BCUT2D eigenvalue weighted by atomic mass is 32.2. The molecule has 0 unspecified atom stereocenters. The maximum Gasteiger partial charge on any atom is 0.254 e. The number of hydrogen-bond acceptors (Lipinski definition) is 5. The summed E-state index contributed by atoms with van der Waals surface area (Å²) in [6.07, 6.45) is 1.27. The third-order valence-electron chi connectivity index (χ3n) is 2.49. The van der Waals surface area contributed by atoms with Crippen LogP contribution in [0.25, 0.3) is 0 Å². The van der Waals surface area contributed by atoms with Gasteiger partial charge in [0.1, 0.15) is 15.7 Å². The van der Waals surface area contributed by atoms with Crippen LogP contribution in [0.1, 0.15) is 16.8 Å². The van der Waals surface area contributed by atoms with Gasteiger partial charge in [0.25, 0.3) is 5.91 Å². The fraction of sp³-hybridized carbons (Fsp3) is 0.364. The lowest BCUT2D eigenvalue weighted by Gasteiger charge is -2.07. The quantitative estimate of drug-likeness (QED) is 0.686. The first-order valence-electron chi connectivity index (χ1n) is 5.79. The maximum absolute atomic E-state index is 13.7. The number of carbonyl (C=O) groups excluding carboxylic acids is 1. The van der Waals surface area contributed by atoms with Crippen molar-refractivity contribution in [3.63, 3.8) is 0 Å². The molecule has 0 saturated heterocycles. The molecule has 10 heteroatoms. The summed E-state index contributed by atoms with van der Waals surface area (Å²) in [4.78, 5) is 11.2. The van der Waals surface area contributed by atoms with E-state index >= 15 is 0 Å². The molecule has 0 aromatic heterocycles. The first-order valence-corrected chi connectivity index (χ1v) is 9.39. The van der Waals surface area contributed by atoms with Crippen molar-refractivity contribution in [1.29, 1.82) is 0 Å². The number of sulfonamides is 1. The van der Waals surface area contributed by atoms with Gasteiger partial charge >= 0.3 is 0 Å². The SMILES string of the molecule is CS(=O)(=O)CCCNC(=O)c1ccc(S(N)(=O)=O)cc1F. The van der Waals surface area contributed by atoms with E-state index in [1.54, 1.807) is 0 Å². The molecular formula is C11H15FN2O5S2. The summed E-state index contributed by atoms with van der Waals surface area (Å²) >= 11 is 0. The standard InChI is InChI=1S/C11H15FN2O5S2/c1-20(16,17)6-2-5-14-11(15)9-4-3-8(7-10(9)12)21(13,18)19/h3-4,7H,2,5-6H2,1H3,(H,14,15)(H2,13,18,19). The number of sulfone groups is 1. The third-order valence-corrected chi connectivity index (χ3v) is 4.43. The van der Waals surface area contributed by atoms with Crippen LogP contribution < -0.4 is 10.5 Å². The first-order chi connectivity index (χ1) is 9.50. The monoisotopic (exact) mass is 338 g/mol. The van der Waals surface area contributed by atoms with Crippen LogP contribution in [0.3, 0.4) is 0 Å². The molecule has 1 amide bonds. The van der Waals surface area contributed by atoms with Crippen LogP contribution in [0.4, 0.5) is 4.39 Å². The van der Waals surface area contributed by atoms with Gasteiger partial charge in [0.15, 0.2) is 0 Å². The second-order valence-corrected chi connectivity index (χ2v) is 8.25. The summed E-state index contributed by atoms with van der Waals surface area (Å²) in [6, 6.07) is 2.67. The molecule has 3 N–H and O–H groups in total. The van der Waals surface area contributed by atoms with E-state index in [4.69, 9.17) is 5.14 Å². The number of amides is 1. The van der Waals surface area contributed by atoms with E-state index in [1.807, 2.05) is 0 Å². The summed E-state index contributed by atoms with van der Waals surface area (Å²) in [6.45, 7) is 0.0578. The van der Waals surface area contributed by atoms with Gasteiger partial charge in [-0.1, -0.05) is 0 Å². The number of rotatable bonds is 6. The van der Waals surface area contributed by atoms with Crippen LogP contribution in [0, 0.1) is 5.82 Å². The van der Waals surface area contributed by atoms with Crippen molar-refractivity contribution in [3.05, 3.63) is 29.6 Å². The van der Waals surface area contributed by atoms with Crippen LogP contribution in [-0.2, 0) is 19.9 Å². The van der Waals surface area contributed by atoms with Crippen LogP contribution in [-0.4, -0.2) is 41.3 Å². The summed E-state index contributed by atoms with van der Waals surface area (Å²) in [5, 5.41) is 7.19. The number of nitrogens with one attached hydrogen (secondary N) is 1. The molecule has 0 spiro atoms. The van der Waals surface area contributed by atoms with E-state index in [0.29, 0.717) is 6.07 Å². The van der Waals surface area contributed by atoms with Crippen LogP contribution in [0.15, 0.2) is 23.1 Å². The van der Waals surface area contributed by atoms with Gasteiger partial charge in [0.05, 0.1) is 16.2 Å². The lowest BCUT2D eigenvalue weighted by Crippen LogP contribution is -2.27. The average molecular weight is 338 g/mol. The Bertz CT molecular complexity index is 744.